The fourth-order valence-corrected chi connectivity index (χ4v) is 3.71. The molecule has 0 aliphatic heterocycles. The molecule has 4 nitrogen and oxygen atoms in total. The molecule has 4 heteroatoms. The van der Waals surface area contributed by atoms with Gasteiger partial charge in [-0.3, -0.25) is 4.79 Å². The number of nitrogens with zero attached hydrogens (tertiary/aromatic N) is 2. The molecule has 0 aliphatic rings. The standard InChI is InChI=1S/C25H31N3O/c1-18-11-13-22(14-12-18)24(27(4)5)16-26-25(29)23-15-19(2)28(20(23)3)17-21-9-7-6-8-10-21/h6-15,24H,16-17H2,1-5H3,(H,26,29). The van der Waals surface area contributed by atoms with Crippen molar-refractivity contribution in [3.8, 4) is 0 Å². The van der Waals surface area contributed by atoms with Gasteiger partial charge in [0, 0.05) is 24.5 Å². The van der Waals surface area contributed by atoms with Crippen LogP contribution in [0.5, 0.6) is 0 Å². The van der Waals surface area contributed by atoms with Gasteiger partial charge in [-0.1, -0.05) is 60.2 Å². The molecule has 0 saturated carbocycles. The van der Waals surface area contributed by atoms with Crippen molar-refractivity contribution in [1.82, 2.24) is 14.8 Å². The molecule has 1 aromatic heterocycles. The molecule has 3 rings (SSSR count). The number of hydrogen-bond acceptors (Lipinski definition) is 2. The summed E-state index contributed by atoms with van der Waals surface area (Å²) < 4.78 is 2.20. The van der Waals surface area contributed by atoms with E-state index in [-0.39, 0.29) is 11.9 Å². The minimum atomic E-state index is -0.0172. The van der Waals surface area contributed by atoms with E-state index in [0.29, 0.717) is 6.54 Å². The molecular weight excluding hydrogens is 358 g/mol. The lowest BCUT2D eigenvalue weighted by atomic mass is 10.0. The van der Waals surface area contributed by atoms with Gasteiger partial charge in [-0.15, -0.1) is 0 Å². The van der Waals surface area contributed by atoms with E-state index in [9.17, 15) is 4.79 Å². The van der Waals surface area contributed by atoms with E-state index in [2.05, 4.69) is 65.0 Å². The Morgan fingerprint density at radius 3 is 2.28 bits per heavy atom. The fraction of sp³-hybridized carbons (Fsp3) is 0.320. The largest absolute Gasteiger partial charge is 0.350 e. The maximum Gasteiger partial charge on any atom is 0.253 e. The van der Waals surface area contributed by atoms with E-state index in [0.717, 1.165) is 23.5 Å². The summed E-state index contributed by atoms with van der Waals surface area (Å²) in [4.78, 5) is 15.1. The highest BCUT2D eigenvalue weighted by Gasteiger charge is 2.19. The first-order valence-electron chi connectivity index (χ1n) is 10.1. The number of rotatable bonds is 7. The van der Waals surface area contributed by atoms with Gasteiger partial charge in [0.2, 0.25) is 0 Å². The molecule has 0 saturated heterocycles. The van der Waals surface area contributed by atoms with E-state index in [1.165, 1.54) is 16.7 Å². The zero-order valence-electron chi connectivity index (χ0n) is 18.1. The average Bonchev–Trinajstić information content (AvgIpc) is 2.98. The maximum atomic E-state index is 13.0. The number of amides is 1. The van der Waals surface area contributed by atoms with Gasteiger partial charge in [-0.05, 0) is 52.1 Å². The summed E-state index contributed by atoms with van der Waals surface area (Å²) in [5.74, 6) is -0.0172. The van der Waals surface area contributed by atoms with Crippen LogP contribution in [-0.2, 0) is 6.54 Å². The minimum absolute atomic E-state index is 0.0172. The third-order valence-corrected chi connectivity index (χ3v) is 5.54. The Morgan fingerprint density at radius 1 is 1.00 bits per heavy atom. The molecule has 3 aromatic rings. The van der Waals surface area contributed by atoms with Gasteiger partial charge in [0.05, 0.1) is 11.6 Å². The average molecular weight is 390 g/mol. The highest BCUT2D eigenvalue weighted by Crippen LogP contribution is 2.20. The SMILES string of the molecule is Cc1ccc(C(CNC(=O)c2cc(C)n(Cc3ccccc3)c2C)N(C)C)cc1. The van der Waals surface area contributed by atoms with E-state index in [4.69, 9.17) is 0 Å². The van der Waals surface area contributed by atoms with Crippen molar-refractivity contribution in [3.05, 3.63) is 94.3 Å². The molecule has 0 radical (unpaired) electrons. The Labute approximate surface area is 174 Å². The van der Waals surface area contributed by atoms with E-state index in [1.54, 1.807) is 0 Å². The van der Waals surface area contributed by atoms with Crippen molar-refractivity contribution in [3.63, 3.8) is 0 Å². The van der Waals surface area contributed by atoms with Gasteiger partial charge in [0.25, 0.3) is 5.91 Å². The van der Waals surface area contributed by atoms with Crippen molar-refractivity contribution in [1.29, 1.82) is 0 Å². The zero-order chi connectivity index (χ0) is 21.0. The smallest absolute Gasteiger partial charge is 0.253 e. The van der Waals surface area contributed by atoms with Crippen molar-refractivity contribution >= 4 is 5.91 Å². The monoisotopic (exact) mass is 389 g/mol. The second-order valence-corrected chi connectivity index (χ2v) is 7.96. The maximum absolute atomic E-state index is 13.0. The summed E-state index contributed by atoms with van der Waals surface area (Å²) >= 11 is 0. The van der Waals surface area contributed by atoms with Crippen LogP contribution in [0.2, 0.25) is 0 Å². The predicted molar refractivity (Wildman–Crippen MR) is 119 cm³/mol. The lowest BCUT2D eigenvalue weighted by Crippen LogP contribution is -2.34. The minimum Gasteiger partial charge on any atom is -0.350 e. The van der Waals surface area contributed by atoms with E-state index >= 15 is 0 Å². The van der Waals surface area contributed by atoms with Crippen LogP contribution in [0.25, 0.3) is 0 Å². The molecular formula is C25H31N3O. The van der Waals surface area contributed by atoms with E-state index < -0.39 is 0 Å². The number of aryl methyl sites for hydroxylation is 2. The molecule has 0 spiro atoms. The van der Waals surface area contributed by atoms with Gasteiger partial charge in [0.1, 0.15) is 0 Å². The number of benzene rings is 2. The molecule has 152 valence electrons. The third kappa shape index (κ3) is 4.96. The summed E-state index contributed by atoms with van der Waals surface area (Å²) in [6, 6.07) is 21.0. The van der Waals surface area contributed by atoms with Crippen LogP contribution < -0.4 is 5.32 Å². The number of carbonyl (C=O) groups is 1. The second-order valence-electron chi connectivity index (χ2n) is 7.96. The Bertz CT molecular complexity index is 956. The first-order chi connectivity index (χ1) is 13.9. The molecule has 1 heterocycles. The fourth-order valence-electron chi connectivity index (χ4n) is 3.71. The van der Waals surface area contributed by atoms with Crippen molar-refractivity contribution in [2.45, 2.75) is 33.4 Å². The van der Waals surface area contributed by atoms with Gasteiger partial charge >= 0.3 is 0 Å². The number of nitrogens with one attached hydrogen (secondary N) is 1. The molecule has 0 fully saturated rings. The quantitative estimate of drug-likeness (QED) is 0.646. The summed E-state index contributed by atoms with van der Waals surface area (Å²) in [7, 11) is 4.09. The molecule has 1 N–H and O–H groups in total. The molecule has 0 aliphatic carbocycles. The summed E-state index contributed by atoms with van der Waals surface area (Å²) in [5, 5.41) is 3.14. The summed E-state index contributed by atoms with van der Waals surface area (Å²) in [6.45, 7) is 7.50. The number of aromatic nitrogens is 1. The Morgan fingerprint density at radius 2 is 1.66 bits per heavy atom. The van der Waals surface area contributed by atoms with Gasteiger partial charge in [0.15, 0.2) is 0 Å². The molecule has 2 aromatic carbocycles. The lowest BCUT2D eigenvalue weighted by Gasteiger charge is -2.25. The molecule has 29 heavy (non-hydrogen) atoms. The summed E-state index contributed by atoms with van der Waals surface area (Å²) in [5.41, 5.74) is 6.52. The van der Waals surface area contributed by atoms with Gasteiger partial charge in [-0.25, -0.2) is 0 Å². The van der Waals surface area contributed by atoms with E-state index in [1.807, 2.05) is 45.3 Å². The first-order valence-corrected chi connectivity index (χ1v) is 10.1. The van der Waals surface area contributed by atoms with Crippen LogP contribution in [0.4, 0.5) is 0 Å². The normalized spacial score (nSPS) is 12.2. The molecule has 1 amide bonds. The number of carbonyl (C=O) groups excluding carboxylic acids is 1. The number of likely N-dealkylation sites (N-methyl/N-ethyl adjacent to an activating group) is 1. The van der Waals surface area contributed by atoms with Crippen molar-refractivity contribution in [2.24, 2.45) is 0 Å². The second kappa shape index (κ2) is 9.10. The van der Waals surface area contributed by atoms with Crippen LogP contribution in [0.1, 0.15) is 44.5 Å². The van der Waals surface area contributed by atoms with Gasteiger partial charge < -0.3 is 14.8 Å². The molecule has 0 bridgehead atoms. The Hall–Kier alpha value is -2.85. The molecule has 1 atom stereocenters. The summed E-state index contributed by atoms with van der Waals surface area (Å²) in [6.07, 6.45) is 0. The zero-order valence-corrected chi connectivity index (χ0v) is 18.1. The first kappa shape index (κ1) is 20.9. The van der Waals surface area contributed by atoms with Crippen LogP contribution >= 0.6 is 0 Å². The van der Waals surface area contributed by atoms with Crippen LogP contribution in [0.3, 0.4) is 0 Å². The third-order valence-electron chi connectivity index (χ3n) is 5.54. The highest BCUT2D eigenvalue weighted by atomic mass is 16.1. The number of hydrogen-bond donors (Lipinski definition) is 1. The van der Waals surface area contributed by atoms with Crippen LogP contribution in [0.15, 0.2) is 60.7 Å². The predicted octanol–water partition coefficient (Wildman–Crippen LogP) is 4.49. The Balaban J connectivity index is 1.73. The van der Waals surface area contributed by atoms with Gasteiger partial charge in [-0.2, -0.15) is 0 Å². The lowest BCUT2D eigenvalue weighted by molar-refractivity contribution is 0.0941. The van der Waals surface area contributed by atoms with Crippen molar-refractivity contribution < 1.29 is 4.79 Å². The Kier molecular flexibility index (Phi) is 6.55. The van der Waals surface area contributed by atoms with Crippen molar-refractivity contribution in [2.75, 3.05) is 20.6 Å². The molecule has 1 unspecified atom stereocenters. The van der Waals surface area contributed by atoms with Crippen LogP contribution in [-0.4, -0.2) is 36.0 Å². The highest BCUT2D eigenvalue weighted by molar-refractivity contribution is 5.95. The topological polar surface area (TPSA) is 37.3 Å². The van der Waals surface area contributed by atoms with Crippen LogP contribution in [0, 0.1) is 20.8 Å².